The number of likely N-dealkylation sites (N-methyl/N-ethyl adjacent to an activating group) is 1. The molecule has 0 radical (unpaired) electrons. The summed E-state index contributed by atoms with van der Waals surface area (Å²) < 4.78 is 22.0. The highest BCUT2D eigenvalue weighted by Gasteiger charge is 2.39. The molecule has 2 unspecified atom stereocenters. The third-order valence-electron chi connectivity index (χ3n) is 8.59. The van der Waals surface area contributed by atoms with E-state index in [1.54, 1.807) is 25.8 Å². The van der Waals surface area contributed by atoms with Crippen LogP contribution in [0.4, 0.5) is 0 Å². The van der Waals surface area contributed by atoms with Crippen molar-refractivity contribution < 1.29 is 33.3 Å². The van der Waals surface area contributed by atoms with Crippen molar-refractivity contribution >= 4 is 39.4 Å². The Balaban J connectivity index is 1.30. The molecule has 0 bridgehead atoms. The molecule has 4 rings (SSSR count). The van der Waals surface area contributed by atoms with Gasteiger partial charge in [-0.3, -0.25) is 4.79 Å². The monoisotopic (exact) mass is 669 g/mol. The number of carbonyl (C=O) groups is 3. The Kier molecular flexibility index (Phi) is 15.5. The van der Waals surface area contributed by atoms with Crippen LogP contribution in [0.3, 0.4) is 0 Å². The number of aryl methyl sites for hydroxylation is 2. The van der Waals surface area contributed by atoms with Crippen LogP contribution in [0, 0.1) is 0 Å². The van der Waals surface area contributed by atoms with Gasteiger partial charge in [0, 0.05) is 20.2 Å². The van der Waals surface area contributed by atoms with Crippen molar-refractivity contribution in [1.29, 1.82) is 0 Å². The van der Waals surface area contributed by atoms with Crippen molar-refractivity contribution in [1.82, 2.24) is 4.90 Å². The number of nitrogens with zero attached hydrogens (tertiary/aromatic N) is 1. The van der Waals surface area contributed by atoms with Crippen LogP contribution in [-0.2, 0) is 46.2 Å². The first kappa shape index (κ1) is 37.5. The fraction of sp³-hybridized carbons (Fsp3) is 0.439. The van der Waals surface area contributed by atoms with Crippen LogP contribution >= 0.6 is 0 Å². The van der Waals surface area contributed by atoms with Crippen LogP contribution < -0.4 is 0 Å². The molecule has 0 aliphatic carbocycles. The minimum atomic E-state index is -1.40. The molecule has 4 aromatic carbocycles. The van der Waals surface area contributed by atoms with Gasteiger partial charge in [-0.15, -0.1) is 0 Å². The van der Waals surface area contributed by atoms with E-state index in [9.17, 15) is 14.4 Å². The number of amides is 1. The van der Waals surface area contributed by atoms with Crippen molar-refractivity contribution in [3.63, 3.8) is 0 Å². The highest BCUT2D eigenvalue weighted by molar-refractivity contribution is 5.89. The van der Waals surface area contributed by atoms with Gasteiger partial charge in [0.1, 0.15) is 6.61 Å². The maximum Gasteiger partial charge on any atom is 0.338 e. The molecule has 0 saturated carbocycles. The number of hydrogen-bond donors (Lipinski definition) is 0. The molecule has 0 spiro atoms. The van der Waals surface area contributed by atoms with Gasteiger partial charge in [-0.1, -0.05) is 97.8 Å². The smallest absolute Gasteiger partial charge is 0.338 e. The lowest BCUT2D eigenvalue weighted by molar-refractivity contribution is -0.180. The maximum absolute atomic E-state index is 13.8. The molecule has 4 aromatic rings. The highest BCUT2D eigenvalue weighted by Crippen LogP contribution is 2.19. The third kappa shape index (κ3) is 12.0. The van der Waals surface area contributed by atoms with Gasteiger partial charge in [0.05, 0.1) is 13.2 Å². The zero-order valence-electron chi connectivity index (χ0n) is 29.2. The fourth-order valence-corrected chi connectivity index (χ4v) is 5.94. The van der Waals surface area contributed by atoms with Crippen LogP contribution in [0.2, 0.25) is 0 Å². The molecule has 2 atom stereocenters. The molecular formula is C41H51NO7. The lowest BCUT2D eigenvalue weighted by Gasteiger charge is -2.29. The Morgan fingerprint density at radius 1 is 0.612 bits per heavy atom. The van der Waals surface area contributed by atoms with Crippen molar-refractivity contribution in [3.05, 3.63) is 96.1 Å². The van der Waals surface area contributed by atoms with Gasteiger partial charge in [-0.05, 0) is 85.0 Å². The molecule has 0 saturated heterocycles. The summed E-state index contributed by atoms with van der Waals surface area (Å²) in [5.41, 5.74) is 2.58. The third-order valence-corrected chi connectivity index (χ3v) is 8.59. The fourth-order valence-electron chi connectivity index (χ4n) is 5.94. The first-order chi connectivity index (χ1) is 23.9. The Labute approximate surface area is 290 Å². The number of unbranched alkanes of at least 4 members (excludes halogenated alkanes) is 4. The van der Waals surface area contributed by atoms with Gasteiger partial charge in [0.2, 0.25) is 0 Å². The van der Waals surface area contributed by atoms with Crippen LogP contribution in [0.15, 0.2) is 84.9 Å². The summed E-state index contributed by atoms with van der Waals surface area (Å²) >= 11 is 0. The van der Waals surface area contributed by atoms with Crippen molar-refractivity contribution in [3.8, 4) is 0 Å². The largest absolute Gasteiger partial charge is 0.464 e. The van der Waals surface area contributed by atoms with E-state index in [4.69, 9.17) is 18.9 Å². The van der Waals surface area contributed by atoms with Crippen LogP contribution in [0.5, 0.6) is 0 Å². The number of ether oxygens (including phenoxy) is 4. The summed E-state index contributed by atoms with van der Waals surface area (Å²) in [5.74, 6) is -1.76. The lowest BCUT2D eigenvalue weighted by Crippen LogP contribution is -2.50. The van der Waals surface area contributed by atoms with Gasteiger partial charge in [-0.2, -0.15) is 0 Å². The van der Waals surface area contributed by atoms with Crippen molar-refractivity contribution in [2.24, 2.45) is 0 Å². The maximum atomic E-state index is 13.8. The summed E-state index contributed by atoms with van der Waals surface area (Å²) in [5, 5.41) is 4.92. The average Bonchev–Trinajstić information content (AvgIpc) is 3.11. The van der Waals surface area contributed by atoms with E-state index >= 15 is 0 Å². The van der Waals surface area contributed by atoms with Crippen LogP contribution in [-0.4, -0.2) is 75.0 Å². The molecule has 1 amide bonds. The molecule has 0 fully saturated rings. The SMILES string of the molecule is CCOC(=O)COC(C(=O)OCC)C(OCCCCCc1ccc2ccccc2c1)C(=O)N(C)CCCCCc1ccc2ccccc2c1. The van der Waals surface area contributed by atoms with E-state index in [2.05, 4.69) is 66.7 Å². The lowest BCUT2D eigenvalue weighted by atomic mass is 10.0. The number of benzene rings is 4. The van der Waals surface area contributed by atoms with Crippen LogP contribution in [0.25, 0.3) is 21.5 Å². The summed E-state index contributed by atoms with van der Waals surface area (Å²) in [7, 11) is 1.71. The van der Waals surface area contributed by atoms with Gasteiger partial charge in [0.15, 0.2) is 12.2 Å². The zero-order chi connectivity index (χ0) is 34.8. The second-order valence-electron chi connectivity index (χ2n) is 12.3. The molecule has 0 aliphatic rings. The van der Waals surface area contributed by atoms with E-state index in [-0.39, 0.29) is 25.7 Å². The average molecular weight is 670 g/mol. The Bertz CT molecular complexity index is 1640. The first-order valence-corrected chi connectivity index (χ1v) is 17.7. The normalized spacial score (nSPS) is 12.5. The number of hydrogen-bond acceptors (Lipinski definition) is 7. The molecule has 0 N–H and O–H groups in total. The number of rotatable bonds is 21. The molecule has 49 heavy (non-hydrogen) atoms. The molecular weight excluding hydrogens is 618 g/mol. The molecule has 8 nitrogen and oxygen atoms in total. The van der Waals surface area contributed by atoms with Crippen molar-refractivity contribution in [2.45, 2.75) is 77.4 Å². The number of carbonyl (C=O) groups excluding carboxylic acids is 3. The molecule has 0 heterocycles. The molecule has 262 valence electrons. The Morgan fingerprint density at radius 2 is 1.16 bits per heavy atom. The number of fused-ring (bicyclic) bond motifs is 2. The predicted octanol–water partition coefficient (Wildman–Crippen LogP) is 7.47. The summed E-state index contributed by atoms with van der Waals surface area (Å²) in [4.78, 5) is 40.5. The van der Waals surface area contributed by atoms with E-state index in [0.29, 0.717) is 13.0 Å². The summed E-state index contributed by atoms with van der Waals surface area (Å²) in [6.07, 6.45) is 4.51. The second kappa shape index (κ2) is 20.3. The summed E-state index contributed by atoms with van der Waals surface area (Å²) in [6, 6.07) is 29.8. The predicted molar refractivity (Wildman–Crippen MR) is 193 cm³/mol. The van der Waals surface area contributed by atoms with E-state index < -0.39 is 30.8 Å². The molecule has 0 aliphatic heterocycles. The van der Waals surface area contributed by atoms with E-state index in [0.717, 1.165) is 44.9 Å². The molecule has 0 aromatic heterocycles. The van der Waals surface area contributed by atoms with E-state index in [1.165, 1.54) is 32.7 Å². The van der Waals surface area contributed by atoms with E-state index in [1.807, 2.05) is 18.2 Å². The first-order valence-electron chi connectivity index (χ1n) is 17.7. The van der Waals surface area contributed by atoms with Gasteiger partial charge in [-0.25, -0.2) is 9.59 Å². The highest BCUT2D eigenvalue weighted by atomic mass is 16.6. The molecule has 8 heteroatoms. The van der Waals surface area contributed by atoms with Gasteiger partial charge >= 0.3 is 11.9 Å². The second-order valence-corrected chi connectivity index (χ2v) is 12.3. The minimum absolute atomic E-state index is 0.0980. The van der Waals surface area contributed by atoms with Gasteiger partial charge in [0.25, 0.3) is 5.91 Å². The minimum Gasteiger partial charge on any atom is -0.464 e. The number of esters is 2. The van der Waals surface area contributed by atoms with Crippen molar-refractivity contribution in [2.75, 3.05) is 40.0 Å². The summed E-state index contributed by atoms with van der Waals surface area (Å²) in [6.45, 7) is 3.90. The van der Waals surface area contributed by atoms with Gasteiger partial charge < -0.3 is 23.8 Å². The Morgan fingerprint density at radius 3 is 1.73 bits per heavy atom. The van der Waals surface area contributed by atoms with Crippen LogP contribution in [0.1, 0.15) is 63.5 Å². The quantitative estimate of drug-likeness (QED) is 0.0672. The Hall–Kier alpha value is -4.27. The standard InChI is InChI=1S/C41H51NO7/c1-4-46-37(43)30-49-39(41(45)47-5-2)38(48-27-15-7-9-17-32-23-25-34-19-11-13-21-36(34)29-32)40(44)42(3)26-14-6-8-16-31-22-24-33-18-10-12-20-35(33)28-31/h10-13,18-25,28-29,38-39H,4-9,14-17,26-27,30H2,1-3H3. The zero-order valence-corrected chi connectivity index (χ0v) is 29.2. The topological polar surface area (TPSA) is 91.4 Å².